The highest BCUT2D eigenvalue weighted by atomic mass is 35.5. The zero-order valence-electron chi connectivity index (χ0n) is 11.7. The fourth-order valence-corrected chi connectivity index (χ4v) is 3.91. The number of para-hydroxylation sites is 1. The summed E-state index contributed by atoms with van der Waals surface area (Å²) in [6.07, 6.45) is 6.64. The van der Waals surface area contributed by atoms with Gasteiger partial charge in [-0.05, 0) is 30.9 Å². The Hall–Kier alpha value is -0.800. The van der Waals surface area contributed by atoms with Crippen molar-refractivity contribution >= 4 is 17.3 Å². The van der Waals surface area contributed by atoms with Gasteiger partial charge in [0.05, 0.1) is 10.7 Å². The second kappa shape index (κ2) is 6.31. The molecule has 1 aromatic rings. The van der Waals surface area contributed by atoms with E-state index in [1.54, 1.807) is 12.1 Å². The van der Waals surface area contributed by atoms with Crippen LogP contribution in [0.2, 0.25) is 5.02 Å². The summed E-state index contributed by atoms with van der Waals surface area (Å²) in [4.78, 5) is 2.12. The van der Waals surface area contributed by atoms with Crippen LogP contribution in [0, 0.1) is 11.7 Å². The Kier molecular flexibility index (Phi) is 4.47. The van der Waals surface area contributed by atoms with Crippen molar-refractivity contribution in [3.8, 4) is 0 Å². The van der Waals surface area contributed by atoms with Gasteiger partial charge in [-0.1, -0.05) is 36.9 Å². The summed E-state index contributed by atoms with van der Waals surface area (Å²) >= 11 is 6.19. The van der Waals surface area contributed by atoms with Crippen LogP contribution in [0.15, 0.2) is 18.2 Å². The number of rotatable bonds is 2. The third-order valence-corrected chi connectivity index (χ3v) is 4.98. The summed E-state index contributed by atoms with van der Waals surface area (Å²) in [6, 6.07) is 5.41. The van der Waals surface area contributed by atoms with Crippen molar-refractivity contribution in [3.05, 3.63) is 29.0 Å². The Morgan fingerprint density at radius 3 is 2.75 bits per heavy atom. The SMILES string of the molecule is Fc1cccc(Cl)c1N1CCNC(C2CCCCC2)C1. The highest BCUT2D eigenvalue weighted by Crippen LogP contribution is 2.32. The molecule has 1 saturated carbocycles. The summed E-state index contributed by atoms with van der Waals surface area (Å²) in [7, 11) is 0. The van der Waals surface area contributed by atoms with Crippen LogP contribution in [0.1, 0.15) is 32.1 Å². The van der Waals surface area contributed by atoms with Crippen molar-refractivity contribution in [1.82, 2.24) is 5.32 Å². The number of halogens is 2. The minimum atomic E-state index is -0.207. The Balaban J connectivity index is 1.74. The van der Waals surface area contributed by atoms with Crippen LogP contribution in [0.4, 0.5) is 10.1 Å². The summed E-state index contributed by atoms with van der Waals surface area (Å²) in [5, 5.41) is 4.14. The molecule has 0 bridgehead atoms. The molecule has 3 rings (SSSR count). The summed E-state index contributed by atoms with van der Waals surface area (Å²) in [5.41, 5.74) is 0.580. The van der Waals surface area contributed by atoms with Crippen LogP contribution >= 0.6 is 11.6 Å². The first-order chi connectivity index (χ1) is 9.75. The van der Waals surface area contributed by atoms with E-state index < -0.39 is 0 Å². The van der Waals surface area contributed by atoms with Gasteiger partial charge in [0.2, 0.25) is 0 Å². The lowest BCUT2D eigenvalue weighted by molar-refractivity contribution is 0.257. The lowest BCUT2D eigenvalue weighted by atomic mass is 9.83. The molecule has 20 heavy (non-hydrogen) atoms. The molecule has 1 heterocycles. The molecule has 2 aliphatic rings. The van der Waals surface area contributed by atoms with Gasteiger partial charge in [-0.3, -0.25) is 0 Å². The highest BCUT2D eigenvalue weighted by Gasteiger charge is 2.29. The molecule has 0 amide bonds. The highest BCUT2D eigenvalue weighted by molar-refractivity contribution is 6.33. The fraction of sp³-hybridized carbons (Fsp3) is 0.625. The zero-order valence-corrected chi connectivity index (χ0v) is 12.5. The molecule has 1 N–H and O–H groups in total. The molecule has 110 valence electrons. The van der Waals surface area contributed by atoms with Crippen LogP contribution in [0.5, 0.6) is 0 Å². The molecule has 1 atom stereocenters. The molecule has 1 saturated heterocycles. The number of piperazine rings is 1. The fourth-order valence-electron chi connectivity index (χ4n) is 3.62. The largest absolute Gasteiger partial charge is 0.365 e. The van der Waals surface area contributed by atoms with Crippen molar-refractivity contribution in [1.29, 1.82) is 0 Å². The van der Waals surface area contributed by atoms with E-state index in [-0.39, 0.29) is 5.82 Å². The van der Waals surface area contributed by atoms with Gasteiger partial charge in [-0.15, -0.1) is 0 Å². The molecular weight excluding hydrogens is 275 g/mol. The molecule has 0 radical (unpaired) electrons. The van der Waals surface area contributed by atoms with Crippen molar-refractivity contribution in [2.45, 2.75) is 38.1 Å². The van der Waals surface area contributed by atoms with Crippen molar-refractivity contribution < 1.29 is 4.39 Å². The lowest BCUT2D eigenvalue weighted by Gasteiger charge is -2.40. The number of nitrogens with one attached hydrogen (secondary N) is 1. The summed E-state index contributed by atoms with van der Waals surface area (Å²) in [6.45, 7) is 2.60. The number of hydrogen-bond acceptors (Lipinski definition) is 2. The number of nitrogens with zero attached hydrogens (tertiary/aromatic N) is 1. The van der Waals surface area contributed by atoms with E-state index in [0.717, 1.165) is 25.6 Å². The average Bonchev–Trinajstić information content (AvgIpc) is 2.48. The zero-order chi connectivity index (χ0) is 13.9. The van der Waals surface area contributed by atoms with E-state index >= 15 is 0 Å². The van der Waals surface area contributed by atoms with Gasteiger partial charge >= 0.3 is 0 Å². The van der Waals surface area contributed by atoms with E-state index in [1.807, 2.05) is 0 Å². The van der Waals surface area contributed by atoms with Gasteiger partial charge in [0.25, 0.3) is 0 Å². The minimum Gasteiger partial charge on any atom is -0.365 e. The smallest absolute Gasteiger partial charge is 0.148 e. The maximum absolute atomic E-state index is 14.1. The predicted octanol–water partition coefficient (Wildman–Crippen LogP) is 3.84. The second-order valence-corrected chi connectivity index (χ2v) is 6.38. The van der Waals surface area contributed by atoms with Gasteiger partial charge in [-0.25, -0.2) is 4.39 Å². The van der Waals surface area contributed by atoms with Gasteiger partial charge in [0, 0.05) is 25.7 Å². The van der Waals surface area contributed by atoms with E-state index in [1.165, 1.54) is 38.2 Å². The Morgan fingerprint density at radius 1 is 1.20 bits per heavy atom. The predicted molar refractivity (Wildman–Crippen MR) is 82.0 cm³/mol. The Bertz CT molecular complexity index is 440. The molecular formula is C16H22ClFN2. The van der Waals surface area contributed by atoms with Crippen LogP contribution in [-0.4, -0.2) is 25.7 Å². The summed E-state index contributed by atoms with van der Waals surface area (Å²) in [5.74, 6) is 0.527. The van der Waals surface area contributed by atoms with Gasteiger partial charge < -0.3 is 10.2 Å². The average molecular weight is 297 g/mol. The normalized spacial score (nSPS) is 24.9. The number of benzene rings is 1. The van der Waals surface area contributed by atoms with Crippen molar-refractivity contribution in [2.24, 2.45) is 5.92 Å². The second-order valence-electron chi connectivity index (χ2n) is 5.97. The maximum Gasteiger partial charge on any atom is 0.148 e. The third kappa shape index (κ3) is 2.94. The molecule has 4 heteroatoms. The Morgan fingerprint density at radius 2 is 2.00 bits per heavy atom. The first-order valence-corrected chi connectivity index (χ1v) is 8.06. The van der Waals surface area contributed by atoms with Gasteiger partial charge in [0.1, 0.15) is 5.82 Å². The number of hydrogen-bond donors (Lipinski definition) is 1. The van der Waals surface area contributed by atoms with Crippen LogP contribution < -0.4 is 10.2 Å². The lowest BCUT2D eigenvalue weighted by Crippen LogP contribution is -2.54. The van der Waals surface area contributed by atoms with E-state index in [4.69, 9.17) is 11.6 Å². The minimum absolute atomic E-state index is 0.207. The standard InChI is InChI=1S/C16H22ClFN2/c17-13-7-4-8-14(18)16(13)20-10-9-19-15(11-20)12-5-2-1-3-6-12/h4,7-8,12,15,19H,1-3,5-6,9-11H2. The first-order valence-electron chi connectivity index (χ1n) is 7.68. The molecule has 2 fully saturated rings. The molecule has 1 unspecified atom stereocenters. The first kappa shape index (κ1) is 14.2. The van der Waals surface area contributed by atoms with Gasteiger partial charge in [0.15, 0.2) is 0 Å². The van der Waals surface area contributed by atoms with Crippen molar-refractivity contribution in [2.75, 3.05) is 24.5 Å². The van der Waals surface area contributed by atoms with Crippen LogP contribution in [0.25, 0.3) is 0 Å². The molecule has 0 spiro atoms. The van der Waals surface area contributed by atoms with Gasteiger partial charge in [-0.2, -0.15) is 0 Å². The summed E-state index contributed by atoms with van der Waals surface area (Å²) < 4.78 is 14.1. The van der Waals surface area contributed by atoms with Crippen LogP contribution in [0.3, 0.4) is 0 Å². The molecule has 1 aromatic carbocycles. The Labute approximate surface area is 125 Å². The molecule has 0 aromatic heterocycles. The van der Waals surface area contributed by atoms with E-state index in [0.29, 0.717) is 16.8 Å². The third-order valence-electron chi connectivity index (χ3n) is 4.68. The molecule has 1 aliphatic carbocycles. The van der Waals surface area contributed by atoms with Crippen molar-refractivity contribution in [3.63, 3.8) is 0 Å². The molecule has 1 aliphatic heterocycles. The monoisotopic (exact) mass is 296 g/mol. The van der Waals surface area contributed by atoms with E-state index in [9.17, 15) is 4.39 Å². The van der Waals surface area contributed by atoms with Crippen LogP contribution in [-0.2, 0) is 0 Å². The molecule has 2 nitrogen and oxygen atoms in total. The topological polar surface area (TPSA) is 15.3 Å². The maximum atomic E-state index is 14.1. The van der Waals surface area contributed by atoms with E-state index in [2.05, 4.69) is 10.2 Å². The quantitative estimate of drug-likeness (QED) is 0.892. The number of anilines is 1.